The molecule has 0 N–H and O–H groups in total. The third-order valence-corrected chi connectivity index (χ3v) is 6.70. The lowest BCUT2D eigenvalue weighted by atomic mass is 10.1. The first-order valence-electron chi connectivity index (χ1n) is 8.23. The summed E-state index contributed by atoms with van der Waals surface area (Å²) in [7, 11) is -2.89. The van der Waals surface area contributed by atoms with Crippen LogP contribution in [0.25, 0.3) is 0 Å². The Morgan fingerprint density at radius 3 is 1.10 bits per heavy atom. The van der Waals surface area contributed by atoms with E-state index in [0.29, 0.717) is 24.3 Å². The first-order valence-corrected chi connectivity index (χ1v) is 9.75. The van der Waals surface area contributed by atoms with Gasteiger partial charge in [0, 0.05) is 0 Å². The Hall–Kier alpha value is -1.97. The highest BCUT2D eigenvalue weighted by Gasteiger charge is 2.48. The maximum Gasteiger partial charge on any atom is 0.417 e. The predicted molar refractivity (Wildman–Crippen MR) is 89.6 cm³/mol. The fraction of sp³-hybridized carbons (Fsp3) is 0.333. The summed E-state index contributed by atoms with van der Waals surface area (Å²) >= 11 is 0. The summed E-state index contributed by atoms with van der Waals surface area (Å²) in [5.41, 5.74) is -8.67. The molecule has 0 saturated heterocycles. The summed E-state index contributed by atoms with van der Waals surface area (Å²) in [4.78, 5) is 0. The van der Waals surface area contributed by atoms with Crippen LogP contribution in [0.4, 0.5) is 52.7 Å². The minimum atomic E-state index is -5.61. The van der Waals surface area contributed by atoms with E-state index in [9.17, 15) is 52.7 Å². The van der Waals surface area contributed by atoms with Crippen LogP contribution < -0.4 is 10.6 Å². The van der Waals surface area contributed by atoms with Gasteiger partial charge in [-0.1, -0.05) is 31.2 Å². The van der Waals surface area contributed by atoms with Crippen LogP contribution in [0.5, 0.6) is 0 Å². The molecule has 0 radical (unpaired) electrons. The fourth-order valence-electron chi connectivity index (χ4n) is 3.07. The van der Waals surface area contributed by atoms with Crippen LogP contribution in [-0.4, -0.2) is 6.16 Å². The summed E-state index contributed by atoms with van der Waals surface area (Å²) in [6.45, 7) is 1.09. The average Bonchev–Trinajstić information content (AvgIpc) is 2.58. The van der Waals surface area contributed by atoms with Crippen molar-refractivity contribution >= 4 is 18.5 Å². The van der Waals surface area contributed by atoms with Gasteiger partial charge in [0.25, 0.3) is 0 Å². The Morgan fingerprint density at radius 1 is 0.548 bits per heavy atom. The Labute approximate surface area is 168 Å². The molecule has 2 aromatic rings. The SMILES string of the molecule is CCP(c1cccc(C(F)(F)F)c1C(F)(F)F)c1cccc(C(F)(F)F)c1C(F)(F)F. The first-order chi connectivity index (χ1) is 13.9. The van der Waals surface area contributed by atoms with Crippen LogP contribution in [0.1, 0.15) is 29.2 Å². The van der Waals surface area contributed by atoms with Gasteiger partial charge < -0.3 is 0 Å². The first kappa shape index (κ1) is 25.3. The Balaban J connectivity index is 2.95. The zero-order valence-corrected chi connectivity index (χ0v) is 16.0. The van der Waals surface area contributed by atoms with E-state index in [1.807, 2.05) is 0 Å². The lowest BCUT2D eigenvalue weighted by molar-refractivity contribution is -0.161. The molecule has 31 heavy (non-hydrogen) atoms. The Bertz CT molecular complexity index is 859. The van der Waals surface area contributed by atoms with Crippen molar-refractivity contribution in [3.05, 3.63) is 58.7 Å². The topological polar surface area (TPSA) is 0 Å². The molecule has 172 valence electrons. The van der Waals surface area contributed by atoms with Crippen LogP contribution in [-0.2, 0) is 24.7 Å². The van der Waals surface area contributed by atoms with E-state index in [4.69, 9.17) is 0 Å². The van der Waals surface area contributed by atoms with E-state index in [-0.39, 0.29) is 12.1 Å². The molecule has 2 rings (SSSR count). The van der Waals surface area contributed by atoms with Gasteiger partial charge in [-0.15, -0.1) is 0 Å². The maximum absolute atomic E-state index is 13.6. The number of rotatable bonds is 3. The van der Waals surface area contributed by atoms with Gasteiger partial charge in [-0.2, -0.15) is 52.7 Å². The van der Waals surface area contributed by atoms with Gasteiger partial charge in [0.2, 0.25) is 0 Å². The van der Waals surface area contributed by atoms with Gasteiger partial charge in [0.1, 0.15) is 0 Å². The summed E-state index contributed by atoms with van der Waals surface area (Å²) in [5, 5.41) is -2.27. The molecule has 0 amide bonds. The number of alkyl halides is 12. The van der Waals surface area contributed by atoms with Gasteiger partial charge in [-0.05, 0) is 36.8 Å². The van der Waals surface area contributed by atoms with E-state index in [1.54, 1.807) is 0 Å². The summed E-state index contributed by atoms with van der Waals surface area (Å²) in [6, 6.07) is 2.53. The third-order valence-electron chi connectivity index (χ3n) is 4.16. The van der Waals surface area contributed by atoms with E-state index in [1.165, 1.54) is 0 Å². The van der Waals surface area contributed by atoms with Gasteiger partial charge in [0.05, 0.1) is 22.3 Å². The summed E-state index contributed by atoms with van der Waals surface area (Å²) in [5.74, 6) is 0. The van der Waals surface area contributed by atoms with Crippen molar-refractivity contribution in [3.8, 4) is 0 Å². The van der Waals surface area contributed by atoms with E-state index in [2.05, 4.69) is 0 Å². The van der Waals surface area contributed by atoms with Crippen molar-refractivity contribution in [3.63, 3.8) is 0 Å². The van der Waals surface area contributed by atoms with Crippen LogP contribution in [0.15, 0.2) is 36.4 Å². The number of benzene rings is 2. The predicted octanol–water partition coefficient (Wildman–Crippen LogP) is 7.21. The molecule has 0 aromatic heterocycles. The van der Waals surface area contributed by atoms with E-state index >= 15 is 0 Å². The lowest BCUT2D eigenvalue weighted by Crippen LogP contribution is -2.31. The zero-order valence-electron chi connectivity index (χ0n) is 15.2. The standard InChI is InChI=1S/C18H11F12P/c1-2-31(11-7-3-5-9(15(19,20)21)13(11)17(25,26)27)12-8-4-6-10(16(22,23)24)14(12)18(28,29)30/h3-8H,2H2,1H3. The van der Waals surface area contributed by atoms with Crippen LogP contribution >= 0.6 is 7.92 Å². The highest BCUT2D eigenvalue weighted by Crippen LogP contribution is 2.48. The lowest BCUT2D eigenvalue weighted by Gasteiger charge is -2.28. The molecule has 0 aliphatic rings. The van der Waals surface area contributed by atoms with Gasteiger partial charge in [-0.3, -0.25) is 0 Å². The molecule has 0 aliphatic carbocycles. The second-order valence-electron chi connectivity index (χ2n) is 6.13. The van der Waals surface area contributed by atoms with Gasteiger partial charge in [0.15, 0.2) is 0 Å². The average molecular weight is 486 g/mol. The highest BCUT2D eigenvalue weighted by atomic mass is 31.1. The van der Waals surface area contributed by atoms with Crippen LogP contribution in [0.2, 0.25) is 0 Å². The van der Waals surface area contributed by atoms with Crippen molar-refractivity contribution in [2.45, 2.75) is 31.6 Å². The van der Waals surface area contributed by atoms with Crippen molar-refractivity contribution in [2.75, 3.05) is 6.16 Å². The molecule has 2 aromatic carbocycles. The molecular formula is C18H11F12P. The number of halogens is 12. The Kier molecular flexibility index (Phi) is 6.68. The largest absolute Gasteiger partial charge is 0.417 e. The quantitative estimate of drug-likeness (QED) is 0.318. The van der Waals surface area contributed by atoms with Gasteiger partial charge >= 0.3 is 24.7 Å². The molecule has 0 bridgehead atoms. The molecule has 0 heterocycles. The van der Waals surface area contributed by atoms with Crippen molar-refractivity contribution in [1.29, 1.82) is 0 Å². The normalized spacial score (nSPS) is 13.7. The number of hydrogen-bond donors (Lipinski definition) is 0. The van der Waals surface area contributed by atoms with Crippen molar-refractivity contribution in [2.24, 2.45) is 0 Å². The molecule has 0 atom stereocenters. The molecule has 0 saturated carbocycles. The second-order valence-corrected chi connectivity index (χ2v) is 8.59. The molecule has 0 unspecified atom stereocenters. The monoisotopic (exact) mass is 486 g/mol. The number of hydrogen-bond acceptors (Lipinski definition) is 0. The minimum Gasteiger partial charge on any atom is -0.166 e. The molecular weight excluding hydrogens is 475 g/mol. The fourth-order valence-corrected chi connectivity index (χ4v) is 5.58. The third kappa shape index (κ3) is 5.27. The van der Waals surface area contributed by atoms with E-state index < -0.39 is 71.7 Å². The minimum absolute atomic E-state index is 0.117. The maximum atomic E-state index is 13.6. The highest BCUT2D eigenvalue weighted by molar-refractivity contribution is 7.73. The molecule has 0 nitrogen and oxygen atoms in total. The van der Waals surface area contributed by atoms with Crippen molar-refractivity contribution in [1.82, 2.24) is 0 Å². The molecule has 0 aliphatic heterocycles. The smallest absolute Gasteiger partial charge is 0.166 e. The molecule has 0 spiro atoms. The molecule has 13 heteroatoms. The summed E-state index contributed by atoms with van der Waals surface area (Å²) < 4.78 is 161. The Morgan fingerprint density at radius 2 is 0.871 bits per heavy atom. The van der Waals surface area contributed by atoms with Crippen LogP contribution in [0, 0.1) is 0 Å². The molecule has 0 fully saturated rings. The van der Waals surface area contributed by atoms with Crippen LogP contribution in [0.3, 0.4) is 0 Å². The second kappa shape index (κ2) is 8.18. The van der Waals surface area contributed by atoms with E-state index in [0.717, 1.165) is 6.92 Å². The zero-order chi connectivity index (χ0) is 24.0. The van der Waals surface area contributed by atoms with Crippen molar-refractivity contribution < 1.29 is 52.7 Å². The summed E-state index contributed by atoms with van der Waals surface area (Å²) in [6.07, 6.45) is -22.8. The van der Waals surface area contributed by atoms with Gasteiger partial charge in [-0.25, -0.2) is 0 Å².